The number of pyridine rings is 1. The van der Waals surface area contributed by atoms with Gasteiger partial charge in [-0.15, -0.1) is 0 Å². The third-order valence-corrected chi connectivity index (χ3v) is 4.49. The average Bonchev–Trinajstić information content (AvgIpc) is 2.48. The van der Waals surface area contributed by atoms with E-state index in [1.54, 1.807) is 20.0 Å². The number of nitrogens with zero attached hydrogens (tertiary/aromatic N) is 2. The monoisotopic (exact) mass is 336 g/mol. The first-order chi connectivity index (χ1) is 10.7. The third kappa shape index (κ3) is 5.10. The van der Waals surface area contributed by atoms with E-state index in [1.807, 2.05) is 6.07 Å². The van der Waals surface area contributed by atoms with Crippen molar-refractivity contribution in [3.05, 3.63) is 23.0 Å². The molecule has 1 fully saturated rings. The molecule has 1 aromatic rings. The van der Waals surface area contributed by atoms with Gasteiger partial charge in [-0.1, -0.05) is 30.4 Å². The lowest BCUT2D eigenvalue weighted by atomic mass is 9.81. The molecule has 4 nitrogen and oxygen atoms in total. The van der Waals surface area contributed by atoms with Crippen LogP contribution in [0.2, 0.25) is 5.15 Å². The normalized spacial score (nSPS) is 17.6. The molecule has 0 unspecified atom stereocenters. The van der Waals surface area contributed by atoms with Crippen LogP contribution in [0.1, 0.15) is 45.6 Å². The van der Waals surface area contributed by atoms with Crippen molar-refractivity contribution in [3.8, 4) is 11.8 Å². The van der Waals surface area contributed by atoms with Crippen LogP contribution >= 0.6 is 11.6 Å². The van der Waals surface area contributed by atoms with E-state index in [0.717, 1.165) is 37.2 Å². The van der Waals surface area contributed by atoms with Crippen LogP contribution in [0.5, 0.6) is 0 Å². The second kappa shape index (κ2) is 7.09. The summed E-state index contributed by atoms with van der Waals surface area (Å²) in [7, 11) is 0. The first-order valence-corrected chi connectivity index (χ1v) is 8.33. The van der Waals surface area contributed by atoms with Gasteiger partial charge in [-0.2, -0.15) is 0 Å². The molecule has 0 bridgehead atoms. The van der Waals surface area contributed by atoms with Crippen LogP contribution in [-0.2, 0) is 0 Å². The van der Waals surface area contributed by atoms with Crippen molar-refractivity contribution in [2.24, 2.45) is 5.41 Å². The minimum Gasteiger partial charge on any atom is -0.396 e. The van der Waals surface area contributed by atoms with Gasteiger partial charge >= 0.3 is 0 Å². The summed E-state index contributed by atoms with van der Waals surface area (Å²) in [6.07, 6.45) is 3.95. The standard InChI is InChI=1S/C18H25ClN2O2/c1-17(2,23)6-4-5-14-12-20-16(19)11-15(14)21-9-7-18(3,13-22)8-10-21/h11-12,22-23H,6-10,13H2,1-3H3. The lowest BCUT2D eigenvalue weighted by Gasteiger charge is -2.39. The molecule has 5 heteroatoms. The van der Waals surface area contributed by atoms with E-state index in [1.165, 1.54) is 0 Å². The minimum atomic E-state index is -0.804. The summed E-state index contributed by atoms with van der Waals surface area (Å²) in [4.78, 5) is 6.38. The van der Waals surface area contributed by atoms with Gasteiger partial charge in [-0.05, 0) is 32.1 Å². The van der Waals surface area contributed by atoms with Gasteiger partial charge in [0.05, 0.1) is 16.9 Å². The first kappa shape index (κ1) is 18.1. The number of hydrogen-bond donors (Lipinski definition) is 2. The quantitative estimate of drug-likeness (QED) is 0.658. The van der Waals surface area contributed by atoms with E-state index in [0.29, 0.717) is 11.6 Å². The van der Waals surface area contributed by atoms with E-state index < -0.39 is 5.60 Å². The predicted octanol–water partition coefficient (Wildman–Crippen LogP) is 2.85. The van der Waals surface area contributed by atoms with Crippen molar-refractivity contribution in [2.45, 2.75) is 45.6 Å². The molecule has 0 radical (unpaired) electrons. The molecule has 1 aliphatic heterocycles. The van der Waals surface area contributed by atoms with Crippen molar-refractivity contribution >= 4 is 17.3 Å². The molecule has 1 aromatic heterocycles. The molecule has 0 spiro atoms. The molecule has 2 heterocycles. The molecule has 0 aromatic carbocycles. The first-order valence-electron chi connectivity index (χ1n) is 7.95. The smallest absolute Gasteiger partial charge is 0.131 e. The van der Waals surface area contributed by atoms with E-state index in [9.17, 15) is 10.2 Å². The second-order valence-corrected chi connectivity index (χ2v) is 7.66. The number of piperidine rings is 1. The SMILES string of the molecule is CC(C)(O)CC#Cc1cnc(Cl)cc1N1CCC(C)(CO)CC1. The lowest BCUT2D eigenvalue weighted by Crippen LogP contribution is -2.40. The van der Waals surface area contributed by atoms with Crippen molar-refractivity contribution in [3.63, 3.8) is 0 Å². The molecule has 2 N–H and O–H groups in total. The van der Waals surface area contributed by atoms with Crippen molar-refractivity contribution in [2.75, 3.05) is 24.6 Å². The Bertz CT molecular complexity index is 606. The van der Waals surface area contributed by atoms with Crippen LogP contribution in [0, 0.1) is 17.3 Å². The van der Waals surface area contributed by atoms with Gasteiger partial charge < -0.3 is 15.1 Å². The van der Waals surface area contributed by atoms with Crippen molar-refractivity contribution in [1.29, 1.82) is 0 Å². The topological polar surface area (TPSA) is 56.6 Å². The summed E-state index contributed by atoms with van der Waals surface area (Å²) < 4.78 is 0. The zero-order valence-corrected chi connectivity index (χ0v) is 14.8. The van der Waals surface area contributed by atoms with E-state index in [4.69, 9.17) is 11.6 Å². The summed E-state index contributed by atoms with van der Waals surface area (Å²) in [6.45, 7) is 7.53. The highest BCUT2D eigenvalue weighted by molar-refractivity contribution is 6.29. The van der Waals surface area contributed by atoms with Gasteiger partial charge in [-0.3, -0.25) is 0 Å². The van der Waals surface area contributed by atoms with E-state index in [2.05, 4.69) is 28.6 Å². The van der Waals surface area contributed by atoms with E-state index in [-0.39, 0.29) is 12.0 Å². The summed E-state index contributed by atoms with van der Waals surface area (Å²) in [6, 6.07) is 1.84. The van der Waals surface area contributed by atoms with Crippen LogP contribution in [0.4, 0.5) is 5.69 Å². The average molecular weight is 337 g/mol. The number of rotatable bonds is 3. The van der Waals surface area contributed by atoms with Crippen LogP contribution < -0.4 is 4.90 Å². The number of aromatic nitrogens is 1. The molecule has 0 amide bonds. The number of aliphatic hydroxyl groups is 2. The second-order valence-electron chi connectivity index (χ2n) is 7.27. The molecule has 2 rings (SSSR count). The number of anilines is 1. The Morgan fingerprint density at radius 2 is 2.04 bits per heavy atom. The molecule has 0 saturated carbocycles. The molecular formula is C18H25ClN2O2. The molecule has 0 aliphatic carbocycles. The van der Waals surface area contributed by atoms with Gasteiger partial charge in [0.25, 0.3) is 0 Å². The number of hydrogen-bond acceptors (Lipinski definition) is 4. The maximum atomic E-state index is 9.77. The Kier molecular flexibility index (Phi) is 5.57. The zero-order chi connectivity index (χ0) is 17.1. The van der Waals surface area contributed by atoms with Gasteiger partial charge in [0.15, 0.2) is 0 Å². The Hall–Kier alpha value is -1.28. The molecule has 23 heavy (non-hydrogen) atoms. The Labute approximate surface area is 143 Å². The fourth-order valence-electron chi connectivity index (χ4n) is 2.58. The Balaban J connectivity index is 2.20. The van der Waals surface area contributed by atoms with Crippen LogP contribution in [-0.4, -0.2) is 40.5 Å². The summed E-state index contributed by atoms with van der Waals surface area (Å²) in [5.41, 5.74) is 1.00. The summed E-state index contributed by atoms with van der Waals surface area (Å²) in [5.74, 6) is 6.13. The minimum absolute atomic E-state index is 0.0000787. The highest BCUT2D eigenvalue weighted by Crippen LogP contribution is 2.34. The summed E-state index contributed by atoms with van der Waals surface area (Å²) in [5, 5.41) is 19.7. The fourth-order valence-corrected chi connectivity index (χ4v) is 2.73. The molecule has 1 aliphatic rings. The fraction of sp³-hybridized carbons (Fsp3) is 0.611. The highest BCUT2D eigenvalue weighted by atomic mass is 35.5. The van der Waals surface area contributed by atoms with Gasteiger partial charge in [0, 0.05) is 38.4 Å². The lowest BCUT2D eigenvalue weighted by molar-refractivity contribution is 0.0862. The van der Waals surface area contributed by atoms with Crippen molar-refractivity contribution in [1.82, 2.24) is 4.98 Å². The molecule has 0 atom stereocenters. The van der Waals surface area contributed by atoms with Gasteiger partial charge in [0.2, 0.25) is 0 Å². The Morgan fingerprint density at radius 3 is 2.61 bits per heavy atom. The summed E-state index contributed by atoms with van der Waals surface area (Å²) >= 11 is 6.06. The van der Waals surface area contributed by atoms with Crippen LogP contribution in [0.25, 0.3) is 0 Å². The van der Waals surface area contributed by atoms with Crippen molar-refractivity contribution < 1.29 is 10.2 Å². The third-order valence-electron chi connectivity index (χ3n) is 4.29. The molecule has 126 valence electrons. The largest absolute Gasteiger partial charge is 0.396 e. The van der Waals surface area contributed by atoms with Gasteiger partial charge in [0.1, 0.15) is 5.15 Å². The Morgan fingerprint density at radius 1 is 1.39 bits per heavy atom. The van der Waals surface area contributed by atoms with Gasteiger partial charge in [-0.25, -0.2) is 4.98 Å². The zero-order valence-electron chi connectivity index (χ0n) is 14.1. The number of aliphatic hydroxyl groups excluding tert-OH is 1. The highest BCUT2D eigenvalue weighted by Gasteiger charge is 2.30. The molecular weight excluding hydrogens is 312 g/mol. The van der Waals surface area contributed by atoms with Crippen LogP contribution in [0.15, 0.2) is 12.3 Å². The maximum Gasteiger partial charge on any atom is 0.131 e. The predicted molar refractivity (Wildman–Crippen MR) is 93.7 cm³/mol. The molecule has 1 saturated heterocycles. The van der Waals surface area contributed by atoms with E-state index >= 15 is 0 Å². The van der Waals surface area contributed by atoms with Crippen LogP contribution in [0.3, 0.4) is 0 Å². The number of halogens is 1. The maximum absolute atomic E-state index is 9.77.